The van der Waals surface area contributed by atoms with Crippen molar-refractivity contribution in [3.05, 3.63) is 52.0 Å². The fourth-order valence-electron chi connectivity index (χ4n) is 2.81. The minimum absolute atomic E-state index is 0.393. The summed E-state index contributed by atoms with van der Waals surface area (Å²) < 4.78 is 5.24. The van der Waals surface area contributed by atoms with E-state index in [1.165, 1.54) is 7.11 Å². The third kappa shape index (κ3) is 4.61. The van der Waals surface area contributed by atoms with E-state index in [-0.39, 0.29) is 0 Å². The number of hydrogen-bond acceptors (Lipinski definition) is 3. The van der Waals surface area contributed by atoms with E-state index in [0.29, 0.717) is 16.5 Å². The summed E-state index contributed by atoms with van der Waals surface area (Å²) in [6, 6.07) is 8.89. The summed E-state index contributed by atoms with van der Waals surface area (Å²) in [5.74, 6) is -0.381. The molecule has 0 fully saturated rings. The summed E-state index contributed by atoms with van der Waals surface area (Å²) in [7, 11) is 1.50. The van der Waals surface area contributed by atoms with Crippen molar-refractivity contribution in [3.8, 4) is 5.75 Å². The van der Waals surface area contributed by atoms with Gasteiger partial charge in [0.2, 0.25) is 11.8 Å². The van der Waals surface area contributed by atoms with Gasteiger partial charge < -0.3 is 15.4 Å². The number of anilines is 2. The van der Waals surface area contributed by atoms with Gasteiger partial charge in [0.15, 0.2) is 0 Å². The standard InChI is InChI=1S/C21H25ClN2O3/c1-12-9-13(2)18(14(3)10-12)24-20(26)21(4,5)19(25)23-16-11-15(22)7-8-17(16)27-6/h7-11H,1-6H3,(H,23,25)(H,24,26). The maximum atomic E-state index is 12.8. The minimum atomic E-state index is -1.31. The maximum absolute atomic E-state index is 12.8. The zero-order chi connectivity index (χ0) is 20.4. The molecule has 2 rings (SSSR count). The molecule has 2 aromatic rings. The molecular weight excluding hydrogens is 364 g/mol. The highest BCUT2D eigenvalue weighted by Gasteiger charge is 2.37. The van der Waals surface area contributed by atoms with Crippen LogP contribution in [0, 0.1) is 26.2 Å². The van der Waals surface area contributed by atoms with Crippen molar-refractivity contribution in [2.45, 2.75) is 34.6 Å². The van der Waals surface area contributed by atoms with E-state index < -0.39 is 17.2 Å². The van der Waals surface area contributed by atoms with Crippen molar-refractivity contribution in [2.75, 3.05) is 17.7 Å². The van der Waals surface area contributed by atoms with Crippen molar-refractivity contribution in [1.29, 1.82) is 0 Å². The number of hydrogen-bond donors (Lipinski definition) is 2. The van der Waals surface area contributed by atoms with Gasteiger partial charge in [0.1, 0.15) is 11.2 Å². The summed E-state index contributed by atoms with van der Waals surface area (Å²) in [6.45, 7) is 9.02. The molecule has 0 heterocycles. The molecule has 0 aromatic heterocycles. The van der Waals surface area contributed by atoms with Crippen LogP contribution in [-0.2, 0) is 9.59 Å². The number of carbonyl (C=O) groups is 2. The quantitative estimate of drug-likeness (QED) is 0.717. The van der Waals surface area contributed by atoms with Gasteiger partial charge in [-0.2, -0.15) is 0 Å². The van der Waals surface area contributed by atoms with E-state index in [1.807, 2.05) is 32.9 Å². The van der Waals surface area contributed by atoms with E-state index in [9.17, 15) is 9.59 Å². The van der Waals surface area contributed by atoms with Crippen LogP contribution in [0.15, 0.2) is 30.3 Å². The number of methoxy groups -OCH3 is 1. The lowest BCUT2D eigenvalue weighted by atomic mass is 9.90. The van der Waals surface area contributed by atoms with Crippen molar-refractivity contribution in [2.24, 2.45) is 5.41 Å². The fraction of sp³-hybridized carbons (Fsp3) is 0.333. The van der Waals surface area contributed by atoms with Crippen LogP contribution in [0.5, 0.6) is 5.75 Å². The van der Waals surface area contributed by atoms with Crippen LogP contribution < -0.4 is 15.4 Å². The molecule has 5 nitrogen and oxygen atoms in total. The average molecular weight is 389 g/mol. The molecule has 2 aromatic carbocycles. The Balaban J connectivity index is 2.23. The monoisotopic (exact) mass is 388 g/mol. The van der Waals surface area contributed by atoms with E-state index >= 15 is 0 Å². The van der Waals surface area contributed by atoms with Crippen LogP contribution in [0.25, 0.3) is 0 Å². The predicted octanol–water partition coefficient (Wildman–Crippen LogP) is 4.88. The molecule has 0 saturated heterocycles. The number of ether oxygens (including phenoxy) is 1. The Hall–Kier alpha value is -2.53. The van der Waals surface area contributed by atoms with Gasteiger partial charge in [-0.3, -0.25) is 9.59 Å². The molecular formula is C21H25ClN2O3. The Morgan fingerprint density at radius 1 is 0.963 bits per heavy atom. The molecule has 0 atom stereocenters. The van der Waals surface area contributed by atoms with Crippen LogP contribution in [0.4, 0.5) is 11.4 Å². The molecule has 2 N–H and O–H groups in total. The summed E-state index contributed by atoms with van der Waals surface area (Å²) >= 11 is 6.00. The molecule has 0 radical (unpaired) electrons. The molecule has 6 heteroatoms. The lowest BCUT2D eigenvalue weighted by Crippen LogP contribution is -2.41. The van der Waals surface area contributed by atoms with Crippen LogP contribution in [0.1, 0.15) is 30.5 Å². The molecule has 144 valence electrons. The lowest BCUT2D eigenvalue weighted by Gasteiger charge is -2.24. The second-order valence-electron chi connectivity index (χ2n) is 7.15. The molecule has 0 aliphatic heterocycles. The number of aryl methyl sites for hydroxylation is 3. The van der Waals surface area contributed by atoms with Crippen molar-refractivity contribution in [1.82, 2.24) is 0 Å². The minimum Gasteiger partial charge on any atom is -0.495 e. The zero-order valence-electron chi connectivity index (χ0n) is 16.5. The fourth-order valence-corrected chi connectivity index (χ4v) is 2.98. The summed E-state index contributed by atoms with van der Waals surface area (Å²) in [5.41, 5.74) is 2.86. The van der Waals surface area contributed by atoms with E-state index in [4.69, 9.17) is 16.3 Å². The Labute approximate surface area is 165 Å². The highest BCUT2D eigenvalue weighted by atomic mass is 35.5. The number of rotatable bonds is 5. The van der Waals surface area contributed by atoms with Crippen LogP contribution >= 0.6 is 11.6 Å². The summed E-state index contributed by atoms with van der Waals surface area (Å²) in [5, 5.41) is 6.09. The average Bonchev–Trinajstić information content (AvgIpc) is 2.57. The predicted molar refractivity (Wildman–Crippen MR) is 110 cm³/mol. The van der Waals surface area contributed by atoms with Gasteiger partial charge in [-0.25, -0.2) is 0 Å². The Morgan fingerprint density at radius 3 is 2.07 bits per heavy atom. The van der Waals surface area contributed by atoms with Crippen molar-refractivity contribution < 1.29 is 14.3 Å². The SMILES string of the molecule is COc1ccc(Cl)cc1NC(=O)C(C)(C)C(=O)Nc1c(C)cc(C)cc1C. The molecule has 27 heavy (non-hydrogen) atoms. The number of nitrogens with one attached hydrogen (secondary N) is 2. The molecule has 0 saturated carbocycles. The maximum Gasteiger partial charge on any atom is 0.239 e. The van der Waals surface area contributed by atoms with Gasteiger partial charge in [-0.1, -0.05) is 29.3 Å². The summed E-state index contributed by atoms with van der Waals surface area (Å²) in [4.78, 5) is 25.6. The number of halogens is 1. The molecule has 0 unspecified atom stereocenters. The molecule has 0 aliphatic carbocycles. The third-order valence-corrected chi connectivity index (χ3v) is 4.70. The largest absolute Gasteiger partial charge is 0.495 e. The Morgan fingerprint density at radius 2 is 1.52 bits per heavy atom. The first kappa shape index (κ1) is 20.8. The normalized spacial score (nSPS) is 11.1. The van der Waals surface area contributed by atoms with Crippen molar-refractivity contribution in [3.63, 3.8) is 0 Å². The number of amides is 2. The second kappa shape index (κ2) is 8.01. The van der Waals surface area contributed by atoms with E-state index in [0.717, 1.165) is 22.4 Å². The molecule has 2 amide bonds. The van der Waals surface area contributed by atoms with Crippen molar-refractivity contribution >= 4 is 34.8 Å². The van der Waals surface area contributed by atoms with Gasteiger partial charge in [0.25, 0.3) is 0 Å². The van der Waals surface area contributed by atoms with Gasteiger partial charge in [0.05, 0.1) is 12.8 Å². The van der Waals surface area contributed by atoms with E-state index in [2.05, 4.69) is 10.6 Å². The highest BCUT2D eigenvalue weighted by Crippen LogP contribution is 2.31. The lowest BCUT2D eigenvalue weighted by molar-refractivity contribution is -0.135. The first-order chi connectivity index (χ1) is 12.6. The molecule has 0 spiro atoms. The first-order valence-electron chi connectivity index (χ1n) is 8.60. The Kier molecular flexibility index (Phi) is 6.16. The van der Waals surface area contributed by atoms with Gasteiger partial charge in [-0.05, 0) is 63.9 Å². The number of benzene rings is 2. The van der Waals surface area contributed by atoms with E-state index in [1.54, 1.807) is 32.0 Å². The van der Waals surface area contributed by atoms with Crippen LogP contribution in [-0.4, -0.2) is 18.9 Å². The molecule has 0 aliphatic rings. The first-order valence-corrected chi connectivity index (χ1v) is 8.98. The van der Waals surface area contributed by atoms with Crippen LogP contribution in [0.2, 0.25) is 5.02 Å². The second-order valence-corrected chi connectivity index (χ2v) is 7.59. The topological polar surface area (TPSA) is 67.4 Å². The van der Waals surface area contributed by atoms with Gasteiger partial charge >= 0.3 is 0 Å². The molecule has 0 bridgehead atoms. The van der Waals surface area contributed by atoms with Gasteiger partial charge in [-0.15, -0.1) is 0 Å². The smallest absolute Gasteiger partial charge is 0.239 e. The van der Waals surface area contributed by atoms with Crippen LogP contribution in [0.3, 0.4) is 0 Å². The highest BCUT2D eigenvalue weighted by molar-refractivity contribution is 6.31. The van der Waals surface area contributed by atoms with Gasteiger partial charge in [0, 0.05) is 10.7 Å². The zero-order valence-corrected chi connectivity index (χ0v) is 17.2. The summed E-state index contributed by atoms with van der Waals surface area (Å²) in [6.07, 6.45) is 0. The third-order valence-electron chi connectivity index (χ3n) is 4.46. The number of carbonyl (C=O) groups excluding carboxylic acids is 2. The Bertz CT molecular complexity index is 868.